The van der Waals surface area contributed by atoms with Gasteiger partial charge in [-0.25, -0.2) is 4.98 Å². The lowest BCUT2D eigenvalue weighted by Crippen LogP contribution is -2.16. The molecule has 9 heteroatoms. The standard InChI is InChI=1S/C8H3ClFN3O3S/c9-8-11-6-3-4(13(15)16)1-2-5(6)7(14)12(8)17-10/h1-3H. The quantitative estimate of drug-likeness (QED) is 0.477. The van der Waals surface area contributed by atoms with Crippen LogP contribution in [0.5, 0.6) is 0 Å². The number of fused-ring (bicyclic) bond motifs is 1. The topological polar surface area (TPSA) is 78.0 Å². The van der Waals surface area contributed by atoms with Crippen molar-refractivity contribution in [3.8, 4) is 0 Å². The highest BCUT2D eigenvalue weighted by atomic mass is 35.5. The minimum Gasteiger partial charge on any atom is -0.267 e. The molecule has 2 aromatic rings. The van der Waals surface area contributed by atoms with Crippen LogP contribution < -0.4 is 5.56 Å². The number of halogens is 2. The molecule has 0 saturated carbocycles. The monoisotopic (exact) mass is 275 g/mol. The van der Waals surface area contributed by atoms with Gasteiger partial charge in [0.15, 0.2) is 12.3 Å². The summed E-state index contributed by atoms with van der Waals surface area (Å²) in [5.74, 6) is 0. The van der Waals surface area contributed by atoms with Gasteiger partial charge in [-0.1, -0.05) is 0 Å². The van der Waals surface area contributed by atoms with Crippen molar-refractivity contribution in [1.29, 1.82) is 0 Å². The van der Waals surface area contributed by atoms with Crippen molar-refractivity contribution in [1.82, 2.24) is 8.96 Å². The van der Waals surface area contributed by atoms with E-state index in [1.165, 1.54) is 6.07 Å². The summed E-state index contributed by atoms with van der Waals surface area (Å²) in [5.41, 5.74) is -0.868. The van der Waals surface area contributed by atoms with Crippen molar-refractivity contribution < 1.29 is 8.81 Å². The number of hydrogen-bond donors (Lipinski definition) is 0. The molecule has 0 saturated heterocycles. The van der Waals surface area contributed by atoms with Crippen LogP contribution in [0.1, 0.15) is 0 Å². The Bertz CT molecular complexity index is 675. The number of nitro benzene ring substituents is 1. The van der Waals surface area contributed by atoms with Gasteiger partial charge in [-0.3, -0.25) is 14.9 Å². The number of hydrogen-bond acceptors (Lipinski definition) is 5. The van der Waals surface area contributed by atoms with Gasteiger partial charge in [0.1, 0.15) is 0 Å². The van der Waals surface area contributed by atoms with Crippen molar-refractivity contribution in [2.75, 3.05) is 0 Å². The highest BCUT2D eigenvalue weighted by Crippen LogP contribution is 2.20. The van der Waals surface area contributed by atoms with Crippen molar-refractivity contribution >= 4 is 40.5 Å². The first-order valence-corrected chi connectivity index (χ1v) is 5.25. The maximum Gasteiger partial charge on any atom is 0.274 e. The summed E-state index contributed by atoms with van der Waals surface area (Å²) in [6.07, 6.45) is 0. The van der Waals surface area contributed by atoms with Gasteiger partial charge in [0.05, 0.1) is 15.8 Å². The van der Waals surface area contributed by atoms with Crippen LogP contribution in [-0.2, 0) is 0 Å². The highest BCUT2D eigenvalue weighted by molar-refractivity contribution is 7.92. The molecule has 0 aliphatic rings. The van der Waals surface area contributed by atoms with Crippen LogP contribution in [0.3, 0.4) is 0 Å². The largest absolute Gasteiger partial charge is 0.274 e. The zero-order chi connectivity index (χ0) is 12.6. The predicted molar refractivity (Wildman–Crippen MR) is 61.8 cm³/mol. The Kier molecular flexibility index (Phi) is 2.99. The molecule has 2 rings (SSSR count). The minimum atomic E-state index is -0.706. The van der Waals surface area contributed by atoms with Crippen LogP contribution in [0.2, 0.25) is 5.28 Å². The Labute approximate surface area is 103 Å². The van der Waals surface area contributed by atoms with Crippen molar-refractivity contribution in [2.24, 2.45) is 0 Å². The van der Waals surface area contributed by atoms with Gasteiger partial charge in [-0.15, -0.1) is 3.89 Å². The van der Waals surface area contributed by atoms with E-state index >= 15 is 0 Å². The number of aromatic nitrogens is 2. The maximum atomic E-state index is 12.4. The molecule has 1 aromatic carbocycles. The SMILES string of the molecule is O=c1c2ccc([N+](=O)[O-])cc2nc(Cl)n1SF. The molecule has 0 aliphatic carbocycles. The zero-order valence-electron chi connectivity index (χ0n) is 7.96. The Morgan fingerprint density at radius 2 is 2.24 bits per heavy atom. The summed E-state index contributed by atoms with van der Waals surface area (Å²) >= 11 is 5.18. The predicted octanol–water partition coefficient (Wildman–Crippen LogP) is 2.34. The van der Waals surface area contributed by atoms with Crippen LogP contribution in [0.4, 0.5) is 9.57 Å². The summed E-state index contributed by atoms with van der Waals surface area (Å²) in [6.45, 7) is 0. The van der Waals surface area contributed by atoms with Gasteiger partial charge >= 0.3 is 0 Å². The molecule has 6 nitrogen and oxygen atoms in total. The first-order chi connectivity index (χ1) is 8.04. The third-order valence-electron chi connectivity index (χ3n) is 2.06. The molecular formula is C8H3ClFN3O3S. The lowest BCUT2D eigenvalue weighted by molar-refractivity contribution is -0.384. The molecule has 88 valence electrons. The summed E-state index contributed by atoms with van der Waals surface area (Å²) < 4.78 is 13.0. The highest BCUT2D eigenvalue weighted by Gasteiger charge is 2.13. The molecule has 0 spiro atoms. The fraction of sp³-hybridized carbons (Fsp3) is 0. The number of nitro groups is 1. The molecule has 1 heterocycles. The Morgan fingerprint density at radius 1 is 1.53 bits per heavy atom. The van der Waals surface area contributed by atoms with E-state index in [0.29, 0.717) is 3.97 Å². The van der Waals surface area contributed by atoms with Crippen LogP contribution in [-0.4, -0.2) is 13.9 Å². The third kappa shape index (κ3) is 1.96. The Hall–Kier alpha value is -1.67. The van der Waals surface area contributed by atoms with Gasteiger partial charge in [0, 0.05) is 12.1 Å². The van der Waals surface area contributed by atoms with E-state index in [4.69, 9.17) is 11.6 Å². The Balaban J connectivity index is 2.82. The molecular weight excluding hydrogens is 273 g/mol. The summed E-state index contributed by atoms with van der Waals surface area (Å²) in [6, 6.07) is 3.47. The van der Waals surface area contributed by atoms with Crippen LogP contribution in [0.25, 0.3) is 10.9 Å². The van der Waals surface area contributed by atoms with E-state index in [0.717, 1.165) is 12.1 Å². The average Bonchev–Trinajstić information content (AvgIpc) is 2.28. The molecule has 0 unspecified atom stereocenters. The number of nitrogens with zero attached hydrogens (tertiary/aromatic N) is 3. The number of non-ortho nitro benzene ring substituents is 1. The van der Waals surface area contributed by atoms with Gasteiger partial charge in [-0.05, 0) is 17.7 Å². The molecule has 0 fully saturated rings. The second-order valence-corrected chi connectivity index (χ2v) is 3.85. The number of benzene rings is 1. The van der Waals surface area contributed by atoms with E-state index in [2.05, 4.69) is 4.98 Å². The first kappa shape index (κ1) is 11.8. The van der Waals surface area contributed by atoms with Crippen molar-refractivity contribution in [2.45, 2.75) is 0 Å². The molecule has 0 amide bonds. The summed E-state index contributed by atoms with van der Waals surface area (Å²) in [4.78, 5) is 25.3. The summed E-state index contributed by atoms with van der Waals surface area (Å²) in [7, 11) is 0. The molecule has 0 aliphatic heterocycles. The normalized spacial score (nSPS) is 10.7. The van der Waals surface area contributed by atoms with Crippen LogP contribution in [0, 0.1) is 10.1 Å². The smallest absolute Gasteiger partial charge is 0.267 e. The van der Waals surface area contributed by atoms with Crippen molar-refractivity contribution in [3.05, 3.63) is 44.0 Å². The second kappa shape index (κ2) is 4.30. The van der Waals surface area contributed by atoms with Gasteiger partial charge in [-0.2, -0.15) is 3.97 Å². The van der Waals surface area contributed by atoms with E-state index < -0.39 is 10.5 Å². The Morgan fingerprint density at radius 3 is 2.82 bits per heavy atom. The van der Waals surface area contributed by atoms with E-state index in [9.17, 15) is 18.8 Å². The molecule has 1 aromatic heterocycles. The lowest BCUT2D eigenvalue weighted by Gasteiger charge is -2.02. The molecule has 0 radical (unpaired) electrons. The first-order valence-electron chi connectivity index (χ1n) is 4.20. The minimum absolute atomic E-state index is 0.0551. The van der Waals surface area contributed by atoms with Crippen molar-refractivity contribution in [3.63, 3.8) is 0 Å². The third-order valence-corrected chi connectivity index (χ3v) is 2.89. The molecule has 17 heavy (non-hydrogen) atoms. The fourth-order valence-corrected chi connectivity index (χ4v) is 1.81. The fourth-order valence-electron chi connectivity index (χ4n) is 1.30. The molecule has 0 N–H and O–H groups in total. The maximum absolute atomic E-state index is 12.4. The second-order valence-electron chi connectivity index (χ2n) is 3.01. The lowest BCUT2D eigenvalue weighted by atomic mass is 10.2. The van der Waals surface area contributed by atoms with Crippen LogP contribution in [0.15, 0.2) is 23.0 Å². The average molecular weight is 276 g/mol. The van der Waals surface area contributed by atoms with Gasteiger partial charge < -0.3 is 0 Å². The number of rotatable bonds is 2. The van der Waals surface area contributed by atoms with E-state index in [-0.39, 0.29) is 34.2 Å². The zero-order valence-corrected chi connectivity index (χ0v) is 9.54. The summed E-state index contributed by atoms with van der Waals surface area (Å²) in [5, 5.41) is 10.2. The van der Waals surface area contributed by atoms with E-state index in [1.54, 1.807) is 0 Å². The molecule has 0 atom stereocenters. The van der Waals surface area contributed by atoms with Gasteiger partial charge in [0.25, 0.3) is 11.2 Å². The molecule has 0 bridgehead atoms. The van der Waals surface area contributed by atoms with Gasteiger partial charge in [0.2, 0.25) is 5.28 Å². The van der Waals surface area contributed by atoms with Crippen LogP contribution >= 0.6 is 23.9 Å². The van der Waals surface area contributed by atoms with E-state index in [1.807, 2.05) is 0 Å².